The molecule has 0 bridgehead atoms. The Labute approximate surface area is 220 Å². The maximum absolute atomic E-state index is 2.52. The van der Waals surface area contributed by atoms with Gasteiger partial charge in [-0.2, -0.15) is 0 Å². The van der Waals surface area contributed by atoms with Crippen molar-refractivity contribution in [3.8, 4) is 0 Å². The summed E-state index contributed by atoms with van der Waals surface area (Å²) in [5.41, 5.74) is 10.1. The van der Waals surface area contributed by atoms with Crippen LogP contribution in [0.1, 0.15) is 22.3 Å². The zero-order valence-corrected chi connectivity index (χ0v) is 22.7. The van der Waals surface area contributed by atoms with Crippen molar-refractivity contribution in [2.45, 2.75) is 19.8 Å². The normalized spacial score (nSPS) is 21.0. The Hall–Kier alpha value is -3.86. The highest BCUT2D eigenvalue weighted by Gasteiger charge is 2.82. The van der Waals surface area contributed by atoms with Crippen molar-refractivity contribution in [1.29, 1.82) is 0 Å². The third-order valence-electron chi connectivity index (χ3n) is 8.32. The van der Waals surface area contributed by atoms with E-state index in [-0.39, 0.29) is 0 Å². The summed E-state index contributed by atoms with van der Waals surface area (Å²) in [5.74, 6) is -0.607. The van der Waals surface area contributed by atoms with Gasteiger partial charge in [-0.25, -0.2) is 0 Å². The summed E-state index contributed by atoms with van der Waals surface area (Å²) < 4.78 is 6.29. The Morgan fingerprint density at radius 3 is 1.68 bits per heavy atom. The molecule has 0 saturated carbocycles. The van der Waals surface area contributed by atoms with E-state index in [1.807, 2.05) is 0 Å². The van der Waals surface area contributed by atoms with Gasteiger partial charge in [-0.15, -0.1) is 8.97 Å². The molecule has 0 aliphatic carbocycles. The first kappa shape index (κ1) is 23.5. The minimum atomic E-state index is -0.607. The van der Waals surface area contributed by atoms with Crippen LogP contribution in [-0.2, 0) is 0 Å². The van der Waals surface area contributed by atoms with Gasteiger partial charge in [-0.05, 0) is 40.7 Å². The maximum Gasteiger partial charge on any atom is 0.632 e. The second kappa shape index (κ2) is 8.07. The van der Waals surface area contributed by atoms with Gasteiger partial charge in [0.25, 0.3) is 0 Å². The Morgan fingerprint density at radius 2 is 1.08 bits per heavy atom. The average molecular weight is 489 g/mol. The first-order chi connectivity index (χ1) is 17.7. The van der Waals surface area contributed by atoms with Crippen LogP contribution in [0.15, 0.2) is 97.1 Å². The molecule has 1 atom stereocenters. The van der Waals surface area contributed by atoms with Crippen LogP contribution in [0.2, 0.25) is 0 Å². The Balaban J connectivity index is 1.84. The molecule has 0 radical (unpaired) electrons. The van der Waals surface area contributed by atoms with Crippen LogP contribution >= 0.6 is 0 Å². The predicted octanol–water partition coefficient (Wildman–Crippen LogP) is 6.30. The van der Waals surface area contributed by atoms with E-state index in [2.05, 4.69) is 161 Å². The number of hydrogen-bond donors (Lipinski definition) is 0. The SMILES string of the molecule is Cc1cc(C)c2c(c1)C=[N+](c1ccccc1)C1([N+](c3ccccc3)=Cc3ccccc3[N+]1(C)C)[N+]2(C)C. The third-order valence-corrected chi connectivity index (χ3v) is 8.32. The lowest BCUT2D eigenvalue weighted by atomic mass is 9.96. The molecule has 0 fully saturated rings. The molecule has 0 amide bonds. The number of rotatable bonds is 2. The van der Waals surface area contributed by atoms with Crippen molar-refractivity contribution in [2.75, 3.05) is 28.2 Å². The molecule has 2 aliphatic rings. The van der Waals surface area contributed by atoms with Crippen LogP contribution in [0, 0.1) is 13.8 Å². The van der Waals surface area contributed by atoms with Gasteiger partial charge in [0.2, 0.25) is 23.8 Å². The lowest BCUT2D eigenvalue weighted by Gasteiger charge is -2.49. The Kier molecular flexibility index (Phi) is 5.13. The van der Waals surface area contributed by atoms with Gasteiger partial charge in [-0.1, -0.05) is 54.6 Å². The fraction of sp³-hybridized carbons (Fsp3) is 0.212. The van der Waals surface area contributed by atoms with Crippen LogP contribution < -0.4 is 8.97 Å². The fourth-order valence-electron chi connectivity index (χ4n) is 7.21. The van der Waals surface area contributed by atoms with Crippen molar-refractivity contribution in [3.63, 3.8) is 0 Å². The van der Waals surface area contributed by atoms with Gasteiger partial charge in [0, 0.05) is 35.9 Å². The fourth-order valence-corrected chi connectivity index (χ4v) is 7.21. The van der Waals surface area contributed by atoms with Crippen LogP contribution in [0.3, 0.4) is 0 Å². The van der Waals surface area contributed by atoms with Crippen LogP contribution in [0.5, 0.6) is 0 Å². The molecule has 0 saturated heterocycles. The lowest BCUT2D eigenvalue weighted by molar-refractivity contribution is -0.814. The van der Waals surface area contributed by atoms with Crippen LogP contribution in [-0.4, -0.2) is 55.7 Å². The van der Waals surface area contributed by atoms with Gasteiger partial charge >= 0.3 is 5.91 Å². The summed E-state index contributed by atoms with van der Waals surface area (Å²) in [5, 5.41) is 0. The average Bonchev–Trinajstić information content (AvgIpc) is 2.87. The van der Waals surface area contributed by atoms with Crippen molar-refractivity contribution in [3.05, 3.63) is 119 Å². The molecular formula is C33H36N4+4. The van der Waals surface area contributed by atoms with E-state index in [1.54, 1.807) is 0 Å². The molecule has 4 aromatic rings. The van der Waals surface area contributed by atoms with E-state index in [0.717, 1.165) is 5.69 Å². The quantitative estimate of drug-likeness (QED) is 0.231. The number of benzene rings is 4. The number of nitrogens with zero attached hydrogens (tertiary/aromatic N) is 4. The summed E-state index contributed by atoms with van der Waals surface area (Å²) in [7, 11) is 9.48. The number of fused-ring (bicyclic) bond motifs is 2. The molecule has 6 rings (SSSR count). The highest BCUT2D eigenvalue weighted by atomic mass is 15.8. The van der Waals surface area contributed by atoms with E-state index >= 15 is 0 Å². The Morgan fingerprint density at radius 1 is 0.568 bits per heavy atom. The molecule has 4 nitrogen and oxygen atoms in total. The number of hydrogen-bond acceptors (Lipinski definition) is 0. The summed E-state index contributed by atoms with van der Waals surface area (Å²) in [4.78, 5) is 0. The van der Waals surface area contributed by atoms with Crippen molar-refractivity contribution in [1.82, 2.24) is 8.97 Å². The lowest BCUT2D eigenvalue weighted by Crippen LogP contribution is -2.86. The van der Waals surface area contributed by atoms with Gasteiger partial charge < -0.3 is 0 Å². The molecule has 2 aliphatic heterocycles. The van der Waals surface area contributed by atoms with Crippen LogP contribution in [0.25, 0.3) is 0 Å². The van der Waals surface area contributed by atoms with Gasteiger partial charge in [-0.3, -0.25) is 0 Å². The van der Waals surface area contributed by atoms with E-state index in [4.69, 9.17) is 0 Å². The molecular weight excluding hydrogens is 452 g/mol. The molecule has 1 spiro atoms. The predicted molar refractivity (Wildman–Crippen MR) is 155 cm³/mol. The molecule has 2 heterocycles. The second-order valence-electron chi connectivity index (χ2n) is 11.3. The van der Waals surface area contributed by atoms with Gasteiger partial charge in [0.15, 0.2) is 11.4 Å². The summed E-state index contributed by atoms with van der Waals surface area (Å²) in [6.45, 7) is 4.46. The zero-order valence-electron chi connectivity index (χ0n) is 22.7. The number of aryl methyl sites for hydroxylation is 2. The molecule has 0 aromatic heterocycles. The molecule has 184 valence electrons. The van der Waals surface area contributed by atoms with Gasteiger partial charge in [0.1, 0.15) is 11.1 Å². The number of para-hydroxylation sites is 3. The standard InChI is InChI=1S/C33H36N4/c1-25-21-26(2)32-28(22-25)24-35(30-18-11-8-12-19-30)33(37(32,5)6)34(29-16-9-7-10-17-29)23-27-15-13-14-20-31(27)36(33,3)4/h7-24H,1-6H3/q+4. The molecule has 4 aromatic carbocycles. The first-order valence-corrected chi connectivity index (χ1v) is 13.0. The number of quaternary nitrogens is 2. The summed E-state index contributed by atoms with van der Waals surface area (Å²) in [6, 6.07) is 35.2. The smallest absolute Gasteiger partial charge is 0.119 e. The van der Waals surface area contributed by atoms with Crippen molar-refractivity contribution < 1.29 is 9.15 Å². The summed E-state index contributed by atoms with van der Waals surface area (Å²) in [6.07, 6.45) is 4.73. The minimum absolute atomic E-state index is 0.607. The highest BCUT2D eigenvalue weighted by molar-refractivity contribution is 5.90. The second-order valence-corrected chi connectivity index (χ2v) is 11.3. The zero-order chi connectivity index (χ0) is 26.0. The largest absolute Gasteiger partial charge is 0.632 e. The molecule has 4 heteroatoms. The molecule has 0 N–H and O–H groups in total. The van der Waals surface area contributed by atoms with Crippen LogP contribution in [0.4, 0.5) is 22.7 Å². The van der Waals surface area contributed by atoms with Crippen molar-refractivity contribution in [2.24, 2.45) is 0 Å². The van der Waals surface area contributed by atoms with E-state index in [0.29, 0.717) is 8.97 Å². The monoisotopic (exact) mass is 488 g/mol. The van der Waals surface area contributed by atoms with Gasteiger partial charge in [0.05, 0.1) is 28.2 Å². The van der Waals surface area contributed by atoms with Crippen molar-refractivity contribution >= 4 is 35.2 Å². The maximum atomic E-state index is 2.52. The highest BCUT2D eigenvalue weighted by Crippen LogP contribution is 2.51. The minimum Gasteiger partial charge on any atom is -0.119 e. The van der Waals surface area contributed by atoms with E-state index in [9.17, 15) is 0 Å². The molecule has 1 unspecified atom stereocenters. The third kappa shape index (κ3) is 3.09. The van der Waals surface area contributed by atoms with E-state index < -0.39 is 5.91 Å². The topological polar surface area (TPSA) is 6.02 Å². The molecule has 37 heavy (non-hydrogen) atoms. The first-order valence-electron chi connectivity index (χ1n) is 13.0. The van der Waals surface area contributed by atoms with E-state index in [1.165, 1.54) is 39.3 Å². The summed E-state index contributed by atoms with van der Waals surface area (Å²) >= 11 is 0. The Bertz CT molecular complexity index is 1580.